The fourth-order valence-corrected chi connectivity index (χ4v) is 6.13. The Kier molecular flexibility index (Phi) is 6.88. The Balaban J connectivity index is 1.28. The average Bonchev–Trinajstić information content (AvgIpc) is 3.22. The summed E-state index contributed by atoms with van der Waals surface area (Å²) >= 11 is 0. The van der Waals surface area contributed by atoms with Crippen molar-refractivity contribution in [1.29, 1.82) is 0 Å². The lowest BCUT2D eigenvalue weighted by atomic mass is 9.74. The maximum Gasteiger partial charge on any atom is 0.409 e. The quantitative estimate of drug-likeness (QED) is 0.612. The van der Waals surface area contributed by atoms with Crippen molar-refractivity contribution in [1.82, 2.24) is 9.80 Å². The van der Waals surface area contributed by atoms with Gasteiger partial charge in [0, 0.05) is 49.5 Å². The fraction of sp³-hybridized carbons (Fsp3) is 0.500. The Bertz CT molecular complexity index is 1100. The minimum Gasteiger partial charge on any atom is -0.450 e. The van der Waals surface area contributed by atoms with Crippen molar-refractivity contribution in [2.45, 2.75) is 44.1 Å². The van der Waals surface area contributed by atoms with Gasteiger partial charge < -0.3 is 14.5 Å². The molecule has 0 aliphatic carbocycles. The highest BCUT2D eigenvalue weighted by Gasteiger charge is 2.48. The van der Waals surface area contributed by atoms with E-state index < -0.39 is 0 Å². The van der Waals surface area contributed by atoms with E-state index in [1.165, 1.54) is 6.07 Å². The second-order valence-electron chi connectivity index (χ2n) is 10.2. The molecule has 2 fully saturated rings. The summed E-state index contributed by atoms with van der Waals surface area (Å²) in [6.07, 6.45) is 3.40. The first-order valence-electron chi connectivity index (χ1n) is 13.0. The van der Waals surface area contributed by atoms with E-state index in [4.69, 9.17) is 4.74 Å². The molecule has 0 unspecified atom stereocenters. The topological polar surface area (TPSA) is 56.3 Å². The summed E-state index contributed by atoms with van der Waals surface area (Å²) in [4.78, 5) is 33.4. The van der Waals surface area contributed by atoms with Gasteiger partial charge in [0.25, 0.3) is 0 Å². The van der Waals surface area contributed by atoms with Gasteiger partial charge in [-0.05, 0) is 81.6 Å². The van der Waals surface area contributed by atoms with Crippen LogP contribution < -0.4 is 9.80 Å². The van der Waals surface area contributed by atoms with Crippen molar-refractivity contribution in [3.63, 3.8) is 0 Å². The molecule has 0 radical (unpaired) electrons. The molecular weight excluding hydrogens is 459 g/mol. The number of likely N-dealkylation sites (tertiary alicyclic amines) is 2. The number of benzene rings is 2. The maximum absolute atomic E-state index is 14.4. The van der Waals surface area contributed by atoms with Gasteiger partial charge in [-0.2, -0.15) is 0 Å². The number of halogens is 1. The number of urea groups is 1. The third kappa shape index (κ3) is 4.54. The van der Waals surface area contributed by atoms with Crippen LogP contribution in [0.1, 0.15) is 38.2 Å². The molecule has 3 aliphatic rings. The van der Waals surface area contributed by atoms with Gasteiger partial charge in [-0.25, -0.2) is 14.0 Å². The Morgan fingerprint density at radius 3 is 2.42 bits per heavy atom. The third-order valence-corrected chi connectivity index (χ3v) is 8.20. The lowest BCUT2D eigenvalue weighted by molar-refractivity contribution is 0.0580. The van der Waals surface area contributed by atoms with Gasteiger partial charge in [-0.3, -0.25) is 9.80 Å². The molecule has 5 rings (SSSR count). The Morgan fingerprint density at radius 1 is 1.06 bits per heavy atom. The first kappa shape index (κ1) is 24.6. The van der Waals surface area contributed by atoms with Gasteiger partial charge >= 0.3 is 12.1 Å². The van der Waals surface area contributed by atoms with E-state index in [-0.39, 0.29) is 23.4 Å². The highest BCUT2D eigenvalue weighted by Crippen LogP contribution is 2.48. The normalized spacial score (nSPS) is 19.9. The fourth-order valence-electron chi connectivity index (χ4n) is 6.13. The smallest absolute Gasteiger partial charge is 0.409 e. The molecule has 0 bridgehead atoms. The van der Waals surface area contributed by atoms with Crippen LogP contribution in [0, 0.1) is 5.82 Å². The molecular formula is C28H35FN4O3. The second-order valence-corrected chi connectivity index (χ2v) is 10.2. The Morgan fingerprint density at radius 2 is 1.75 bits per heavy atom. The van der Waals surface area contributed by atoms with E-state index in [0.717, 1.165) is 55.7 Å². The number of carbonyl (C=O) groups is 2. The molecule has 8 heteroatoms. The summed E-state index contributed by atoms with van der Waals surface area (Å²) in [6, 6.07) is 14.8. The number of hydrogen-bond donors (Lipinski definition) is 0. The molecule has 0 atom stereocenters. The Labute approximate surface area is 212 Å². The van der Waals surface area contributed by atoms with Gasteiger partial charge in [0.15, 0.2) is 0 Å². The third-order valence-electron chi connectivity index (χ3n) is 8.20. The largest absolute Gasteiger partial charge is 0.450 e. The van der Waals surface area contributed by atoms with Crippen LogP contribution in [0.4, 0.5) is 25.4 Å². The first-order valence-corrected chi connectivity index (χ1v) is 13.0. The summed E-state index contributed by atoms with van der Waals surface area (Å²) < 4.78 is 19.6. The minimum atomic E-state index is -0.257. The van der Waals surface area contributed by atoms with Crippen LogP contribution in [-0.4, -0.2) is 74.3 Å². The van der Waals surface area contributed by atoms with Crippen molar-refractivity contribution in [2.75, 3.05) is 56.2 Å². The van der Waals surface area contributed by atoms with Gasteiger partial charge in [0.05, 0.1) is 6.61 Å². The first-order chi connectivity index (χ1) is 17.4. The van der Waals surface area contributed by atoms with E-state index in [1.54, 1.807) is 29.0 Å². The molecule has 3 heterocycles. The van der Waals surface area contributed by atoms with Crippen molar-refractivity contribution in [3.05, 3.63) is 59.9 Å². The molecule has 2 aromatic rings. The van der Waals surface area contributed by atoms with Gasteiger partial charge in [-0.1, -0.05) is 18.2 Å². The molecule has 2 saturated heterocycles. The number of rotatable bonds is 3. The number of para-hydroxylation sites is 1. The van der Waals surface area contributed by atoms with Crippen LogP contribution >= 0.6 is 0 Å². The molecule has 192 valence electrons. The summed E-state index contributed by atoms with van der Waals surface area (Å²) in [5.41, 5.74) is 2.36. The lowest BCUT2D eigenvalue weighted by Crippen LogP contribution is -2.53. The van der Waals surface area contributed by atoms with Crippen LogP contribution in [0.25, 0.3) is 0 Å². The monoisotopic (exact) mass is 494 g/mol. The van der Waals surface area contributed by atoms with Crippen molar-refractivity contribution in [3.8, 4) is 0 Å². The minimum absolute atomic E-state index is 0.0975. The Hall–Kier alpha value is -3.13. The molecule has 0 N–H and O–H groups in total. The molecule has 2 aromatic carbocycles. The standard InChI is InChI=1S/C28H35FN4O3/c1-3-36-27(35)32-15-11-23(12-16-32)31-17-13-28(14-18-31)20-33(25-10-9-21(29)19-24(25)28)26(34)30(2)22-7-5-4-6-8-22/h4-10,19,23H,3,11-18,20H2,1-2H3. The van der Waals surface area contributed by atoms with Crippen molar-refractivity contribution in [2.24, 2.45) is 0 Å². The number of nitrogens with zero attached hydrogens (tertiary/aromatic N) is 4. The van der Waals surface area contributed by atoms with Crippen LogP contribution in [-0.2, 0) is 10.2 Å². The number of carbonyl (C=O) groups excluding carboxylic acids is 2. The summed E-state index contributed by atoms with van der Waals surface area (Å²) in [5.74, 6) is -0.257. The summed E-state index contributed by atoms with van der Waals surface area (Å²) in [5, 5.41) is 0. The van der Waals surface area contributed by atoms with Crippen LogP contribution in [0.15, 0.2) is 48.5 Å². The zero-order valence-electron chi connectivity index (χ0n) is 21.2. The van der Waals surface area contributed by atoms with E-state index in [0.29, 0.717) is 32.3 Å². The molecule has 7 nitrogen and oxygen atoms in total. The SMILES string of the molecule is CCOC(=O)N1CCC(N2CCC3(CC2)CN(C(=O)N(C)c2ccccc2)c2ccc(F)cc23)CC1. The highest BCUT2D eigenvalue weighted by molar-refractivity contribution is 6.05. The zero-order chi connectivity index (χ0) is 25.3. The summed E-state index contributed by atoms with van der Waals surface area (Å²) in [6.45, 7) is 6.02. The van der Waals surface area contributed by atoms with Crippen LogP contribution in [0.5, 0.6) is 0 Å². The number of piperidine rings is 2. The van der Waals surface area contributed by atoms with E-state index in [9.17, 15) is 14.0 Å². The molecule has 3 amide bonds. The van der Waals surface area contributed by atoms with Gasteiger partial charge in [0.1, 0.15) is 5.82 Å². The number of hydrogen-bond acceptors (Lipinski definition) is 4. The zero-order valence-corrected chi connectivity index (χ0v) is 21.2. The van der Waals surface area contributed by atoms with Crippen molar-refractivity contribution < 1.29 is 18.7 Å². The van der Waals surface area contributed by atoms with Crippen molar-refractivity contribution >= 4 is 23.5 Å². The average molecular weight is 495 g/mol. The predicted octanol–water partition coefficient (Wildman–Crippen LogP) is 4.86. The summed E-state index contributed by atoms with van der Waals surface area (Å²) in [7, 11) is 1.79. The van der Waals surface area contributed by atoms with E-state index in [1.807, 2.05) is 42.2 Å². The van der Waals surface area contributed by atoms with Gasteiger partial charge in [0.2, 0.25) is 0 Å². The number of ether oxygens (including phenoxy) is 1. The number of anilines is 2. The molecule has 0 aromatic heterocycles. The maximum atomic E-state index is 14.4. The molecule has 36 heavy (non-hydrogen) atoms. The van der Waals surface area contributed by atoms with Crippen LogP contribution in [0.3, 0.4) is 0 Å². The lowest BCUT2D eigenvalue weighted by Gasteiger charge is -2.45. The predicted molar refractivity (Wildman–Crippen MR) is 138 cm³/mol. The number of fused-ring (bicyclic) bond motifs is 2. The highest BCUT2D eigenvalue weighted by atomic mass is 19.1. The van der Waals surface area contributed by atoms with E-state index in [2.05, 4.69) is 4.90 Å². The number of amides is 3. The molecule has 3 aliphatic heterocycles. The van der Waals surface area contributed by atoms with Gasteiger partial charge in [-0.15, -0.1) is 0 Å². The molecule has 1 spiro atoms. The molecule has 0 saturated carbocycles. The van der Waals surface area contributed by atoms with Crippen LogP contribution in [0.2, 0.25) is 0 Å². The van der Waals surface area contributed by atoms with E-state index >= 15 is 0 Å². The second kappa shape index (κ2) is 10.1.